The Morgan fingerprint density at radius 2 is 2.00 bits per heavy atom. The molecule has 1 aromatic carbocycles. The zero-order valence-corrected chi connectivity index (χ0v) is 18.7. The maximum absolute atomic E-state index is 12.8. The molecule has 0 unspecified atom stereocenters. The van der Waals surface area contributed by atoms with Crippen LogP contribution in [0.3, 0.4) is 0 Å². The summed E-state index contributed by atoms with van der Waals surface area (Å²) in [5, 5.41) is 12.5. The Balaban J connectivity index is 1.51. The molecule has 0 radical (unpaired) electrons. The number of carbonyl (C=O) groups is 1. The molecule has 0 bridgehead atoms. The van der Waals surface area contributed by atoms with Crippen LogP contribution in [-0.2, 0) is 16.9 Å². The number of nitrogens with one attached hydrogen (secondary N) is 1. The predicted octanol–water partition coefficient (Wildman–Crippen LogP) is 4.49. The largest absolute Gasteiger partial charge is 0.340 e. The summed E-state index contributed by atoms with van der Waals surface area (Å²) >= 11 is 6.30. The number of halogens is 1. The molecule has 1 fully saturated rings. The van der Waals surface area contributed by atoms with Crippen LogP contribution in [0, 0.1) is 20.8 Å². The van der Waals surface area contributed by atoms with Gasteiger partial charge in [0, 0.05) is 29.3 Å². The fraction of sp³-hybridized carbons (Fsp3) is 0.391. The van der Waals surface area contributed by atoms with Crippen LogP contribution in [0.15, 0.2) is 34.9 Å². The minimum absolute atomic E-state index is 0.179. The van der Waals surface area contributed by atoms with E-state index in [-0.39, 0.29) is 5.91 Å². The summed E-state index contributed by atoms with van der Waals surface area (Å²) in [7, 11) is 0. The van der Waals surface area contributed by atoms with Crippen LogP contribution in [0.5, 0.6) is 0 Å². The molecule has 3 aromatic rings. The van der Waals surface area contributed by atoms with Gasteiger partial charge in [-0.3, -0.25) is 9.48 Å². The van der Waals surface area contributed by atoms with Gasteiger partial charge in [-0.1, -0.05) is 47.8 Å². The molecule has 2 aromatic heterocycles. The van der Waals surface area contributed by atoms with Crippen molar-refractivity contribution in [2.75, 3.05) is 0 Å². The summed E-state index contributed by atoms with van der Waals surface area (Å²) < 4.78 is 7.06. The van der Waals surface area contributed by atoms with Gasteiger partial charge in [0.2, 0.25) is 11.8 Å². The number of aryl methyl sites for hydroxylation is 2. The smallest absolute Gasteiger partial charge is 0.244 e. The highest BCUT2D eigenvalue weighted by Gasteiger charge is 2.40. The molecule has 4 rings (SSSR count). The minimum Gasteiger partial charge on any atom is -0.340 e. The van der Waals surface area contributed by atoms with Crippen LogP contribution in [-0.4, -0.2) is 25.8 Å². The molecule has 1 amide bonds. The monoisotopic (exact) mass is 439 g/mol. The number of aromatic nitrogens is 4. The first-order valence-corrected chi connectivity index (χ1v) is 10.8. The van der Waals surface area contributed by atoms with Crippen LogP contribution in [0.2, 0.25) is 5.02 Å². The molecule has 0 saturated heterocycles. The van der Waals surface area contributed by atoms with Crippen molar-refractivity contribution in [1.29, 1.82) is 0 Å². The van der Waals surface area contributed by atoms with Crippen LogP contribution in [0.4, 0.5) is 0 Å². The van der Waals surface area contributed by atoms with Crippen LogP contribution in [0.1, 0.15) is 59.9 Å². The Kier molecular flexibility index (Phi) is 5.96. The van der Waals surface area contributed by atoms with Crippen molar-refractivity contribution in [2.45, 2.75) is 58.5 Å². The molecule has 31 heavy (non-hydrogen) atoms. The van der Waals surface area contributed by atoms with Gasteiger partial charge in [0.1, 0.15) is 5.54 Å². The summed E-state index contributed by atoms with van der Waals surface area (Å²) in [6.07, 6.45) is 7.03. The molecule has 1 saturated carbocycles. The topological polar surface area (TPSA) is 85.8 Å². The Bertz CT molecular complexity index is 1120. The van der Waals surface area contributed by atoms with Gasteiger partial charge >= 0.3 is 0 Å². The van der Waals surface area contributed by atoms with Gasteiger partial charge in [-0.05, 0) is 44.4 Å². The average molecular weight is 440 g/mol. The van der Waals surface area contributed by atoms with E-state index >= 15 is 0 Å². The third kappa shape index (κ3) is 4.42. The minimum atomic E-state index is -0.558. The molecule has 1 aliphatic rings. The van der Waals surface area contributed by atoms with Crippen LogP contribution >= 0.6 is 11.6 Å². The highest BCUT2D eigenvalue weighted by atomic mass is 35.5. The van der Waals surface area contributed by atoms with Gasteiger partial charge < -0.3 is 9.84 Å². The maximum atomic E-state index is 12.8. The molecule has 8 heteroatoms. The third-order valence-corrected chi connectivity index (χ3v) is 6.26. The van der Waals surface area contributed by atoms with Crippen molar-refractivity contribution < 1.29 is 9.32 Å². The van der Waals surface area contributed by atoms with Crippen molar-refractivity contribution in [3.63, 3.8) is 0 Å². The van der Waals surface area contributed by atoms with Crippen molar-refractivity contribution in [3.8, 4) is 0 Å². The predicted molar refractivity (Wildman–Crippen MR) is 119 cm³/mol. The van der Waals surface area contributed by atoms with Gasteiger partial charge in [0.05, 0.1) is 12.2 Å². The average Bonchev–Trinajstić information content (AvgIpc) is 3.44. The molecule has 1 aliphatic carbocycles. The van der Waals surface area contributed by atoms with E-state index in [1.807, 2.05) is 48.9 Å². The third-order valence-electron chi connectivity index (χ3n) is 5.89. The lowest BCUT2D eigenvalue weighted by molar-refractivity contribution is -0.118. The summed E-state index contributed by atoms with van der Waals surface area (Å²) in [5.74, 6) is 0.884. The molecule has 0 atom stereocenters. The fourth-order valence-electron chi connectivity index (χ4n) is 4.21. The van der Waals surface area contributed by atoms with E-state index in [2.05, 4.69) is 20.6 Å². The molecule has 7 nitrogen and oxygen atoms in total. The lowest BCUT2D eigenvalue weighted by Crippen LogP contribution is -2.44. The van der Waals surface area contributed by atoms with Crippen LogP contribution in [0.25, 0.3) is 6.08 Å². The zero-order valence-electron chi connectivity index (χ0n) is 18.0. The lowest BCUT2D eigenvalue weighted by atomic mass is 9.96. The number of benzene rings is 1. The summed E-state index contributed by atoms with van der Waals surface area (Å²) in [6.45, 7) is 6.27. The first-order valence-electron chi connectivity index (χ1n) is 10.5. The molecular weight excluding hydrogens is 414 g/mol. The van der Waals surface area contributed by atoms with Crippen LogP contribution < -0.4 is 5.32 Å². The Labute approximate surface area is 186 Å². The van der Waals surface area contributed by atoms with Gasteiger partial charge in [-0.2, -0.15) is 10.1 Å². The first-order chi connectivity index (χ1) is 14.9. The van der Waals surface area contributed by atoms with E-state index in [0.717, 1.165) is 48.2 Å². The standard InChI is InChI=1S/C23H26ClN5O2/c1-15-19(16(2)29(27-15)14-18-8-4-5-9-20(18)24)10-11-21(30)26-23(12-6-7-13-23)22-25-17(3)31-28-22/h4-5,8-11H,6-7,12-14H2,1-3H3,(H,26,30)/b11-10+. The van der Waals surface area contributed by atoms with Crippen molar-refractivity contribution in [3.05, 3.63) is 69.6 Å². The number of amides is 1. The quantitative estimate of drug-likeness (QED) is 0.572. The van der Waals surface area contributed by atoms with Gasteiger partial charge in [-0.25, -0.2) is 0 Å². The van der Waals surface area contributed by atoms with E-state index in [4.69, 9.17) is 16.1 Å². The van der Waals surface area contributed by atoms with Gasteiger partial charge in [0.25, 0.3) is 0 Å². The Morgan fingerprint density at radius 1 is 1.26 bits per heavy atom. The molecule has 2 heterocycles. The van der Waals surface area contributed by atoms with Gasteiger partial charge in [-0.15, -0.1) is 0 Å². The second kappa shape index (κ2) is 8.67. The second-order valence-electron chi connectivity index (χ2n) is 8.08. The SMILES string of the molecule is Cc1nc(C2(NC(=O)/C=C/c3c(C)nn(Cc4ccccc4Cl)c3C)CCCC2)no1. The fourth-order valence-corrected chi connectivity index (χ4v) is 4.40. The number of hydrogen-bond donors (Lipinski definition) is 1. The van der Waals surface area contributed by atoms with Crippen molar-refractivity contribution >= 4 is 23.6 Å². The van der Waals surface area contributed by atoms with E-state index in [9.17, 15) is 4.79 Å². The number of rotatable bonds is 6. The van der Waals surface area contributed by atoms with E-state index in [0.29, 0.717) is 23.3 Å². The number of hydrogen-bond acceptors (Lipinski definition) is 5. The van der Waals surface area contributed by atoms with E-state index < -0.39 is 5.54 Å². The summed E-state index contributed by atoms with van der Waals surface area (Å²) in [4.78, 5) is 17.2. The lowest BCUT2D eigenvalue weighted by Gasteiger charge is -2.25. The second-order valence-corrected chi connectivity index (χ2v) is 8.49. The highest BCUT2D eigenvalue weighted by Crippen LogP contribution is 2.37. The van der Waals surface area contributed by atoms with Gasteiger partial charge in [0.15, 0.2) is 5.82 Å². The first kappa shape index (κ1) is 21.3. The molecule has 162 valence electrons. The van der Waals surface area contributed by atoms with E-state index in [1.54, 1.807) is 13.0 Å². The molecule has 0 aliphatic heterocycles. The zero-order chi connectivity index (χ0) is 22.0. The van der Waals surface area contributed by atoms with E-state index in [1.165, 1.54) is 0 Å². The molecule has 0 spiro atoms. The number of nitrogens with zero attached hydrogens (tertiary/aromatic N) is 4. The summed E-state index contributed by atoms with van der Waals surface area (Å²) in [6, 6.07) is 7.73. The maximum Gasteiger partial charge on any atom is 0.244 e. The number of carbonyl (C=O) groups excluding carboxylic acids is 1. The summed E-state index contributed by atoms with van der Waals surface area (Å²) in [5.41, 5.74) is 3.21. The van der Waals surface area contributed by atoms with Crippen molar-refractivity contribution in [2.24, 2.45) is 0 Å². The van der Waals surface area contributed by atoms with Crippen molar-refractivity contribution in [1.82, 2.24) is 25.2 Å². The Hall–Kier alpha value is -2.93. The molecular formula is C23H26ClN5O2. The molecule has 1 N–H and O–H groups in total. The normalized spacial score (nSPS) is 15.6. The Morgan fingerprint density at radius 3 is 2.68 bits per heavy atom. The highest BCUT2D eigenvalue weighted by molar-refractivity contribution is 6.31.